The Morgan fingerprint density at radius 3 is 2.05 bits per heavy atom. The smallest absolute Gasteiger partial charge is 0.326 e. The van der Waals surface area contributed by atoms with Gasteiger partial charge in [-0.3, -0.25) is 24.2 Å². The molecule has 4 unspecified atom stereocenters. The number of carbonyl (C=O) groups excluding carboxylic acids is 3. The van der Waals surface area contributed by atoms with Gasteiger partial charge < -0.3 is 48.5 Å². The van der Waals surface area contributed by atoms with Crippen LogP contribution in [0.1, 0.15) is 31.7 Å². The summed E-state index contributed by atoms with van der Waals surface area (Å²) in [5.74, 6) is -5.49. The van der Waals surface area contributed by atoms with E-state index in [-0.39, 0.29) is 31.1 Å². The molecule has 0 aliphatic carbocycles. The minimum atomic E-state index is -1.74. The Labute approximate surface area is 212 Å². The van der Waals surface area contributed by atoms with Crippen LogP contribution in [-0.4, -0.2) is 81.7 Å². The third kappa shape index (κ3) is 11.7. The van der Waals surface area contributed by atoms with Gasteiger partial charge in [0.25, 0.3) is 0 Å². The largest absolute Gasteiger partial charge is 0.508 e. The summed E-state index contributed by atoms with van der Waals surface area (Å²) in [4.78, 5) is 64.0. The average molecular weight is 524 g/mol. The highest BCUT2D eigenvalue weighted by Crippen LogP contribution is 2.12. The Morgan fingerprint density at radius 2 is 1.51 bits per heavy atom. The van der Waals surface area contributed by atoms with Gasteiger partial charge >= 0.3 is 11.9 Å². The first kappa shape index (κ1) is 30.6. The summed E-state index contributed by atoms with van der Waals surface area (Å²) >= 11 is 0. The van der Waals surface area contributed by atoms with Crippen molar-refractivity contribution in [3.63, 3.8) is 0 Å². The third-order valence-electron chi connectivity index (χ3n) is 5.06. The van der Waals surface area contributed by atoms with E-state index in [0.29, 0.717) is 12.0 Å². The minimum Gasteiger partial charge on any atom is -0.508 e. The predicted molar refractivity (Wildman–Crippen MR) is 131 cm³/mol. The van der Waals surface area contributed by atoms with Crippen molar-refractivity contribution in [1.29, 1.82) is 0 Å². The number of carboxylic acid groups (broad SMARTS) is 2. The van der Waals surface area contributed by atoms with E-state index in [9.17, 15) is 34.2 Å². The van der Waals surface area contributed by atoms with Crippen LogP contribution in [0.5, 0.6) is 5.75 Å². The average Bonchev–Trinajstić information content (AvgIpc) is 2.81. The maximum atomic E-state index is 12.8. The number of phenols is 1. The molecular formula is C22H33N7O8. The van der Waals surface area contributed by atoms with Crippen molar-refractivity contribution in [2.24, 2.45) is 22.2 Å². The number of carboxylic acids is 2. The SMILES string of the molecule is CC(NC(=O)C(N)CCCN=C(N)N)C(=O)NC(Cc1ccc(O)cc1)C(=O)NC(CC(=O)O)C(=O)O. The van der Waals surface area contributed by atoms with Crippen molar-refractivity contribution in [2.75, 3.05) is 6.54 Å². The Morgan fingerprint density at radius 1 is 0.919 bits per heavy atom. The molecule has 0 radical (unpaired) electrons. The number of nitrogens with one attached hydrogen (secondary N) is 3. The number of hydrogen-bond acceptors (Lipinski definition) is 8. The number of hydrogen-bond donors (Lipinski definition) is 9. The fraction of sp³-hybridized carbons (Fsp3) is 0.455. The van der Waals surface area contributed by atoms with Crippen molar-refractivity contribution in [2.45, 2.75) is 56.8 Å². The lowest BCUT2D eigenvalue weighted by molar-refractivity contribution is -0.147. The number of phenolic OH excluding ortho intramolecular Hbond substituents is 1. The fourth-order valence-electron chi connectivity index (χ4n) is 3.06. The number of aromatic hydroxyl groups is 1. The highest BCUT2D eigenvalue weighted by Gasteiger charge is 2.30. The number of guanidine groups is 1. The fourth-order valence-corrected chi connectivity index (χ4v) is 3.06. The van der Waals surface area contributed by atoms with Crippen LogP contribution in [0.3, 0.4) is 0 Å². The molecule has 0 spiro atoms. The quantitative estimate of drug-likeness (QED) is 0.0650. The molecule has 15 heteroatoms. The van der Waals surface area contributed by atoms with Gasteiger partial charge in [-0.1, -0.05) is 12.1 Å². The molecule has 0 heterocycles. The molecule has 15 nitrogen and oxygen atoms in total. The Bertz CT molecular complexity index is 995. The first-order valence-electron chi connectivity index (χ1n) is 11.2. The summed E-state index contributed by atoms with van der Waals surface area (Å²) < 4.78 is 0. The van der Waals surface area contributed by atoms with Gasteiger partial charge in [0, 0.05) is 13.0 Å². The van der Waals surface area contributed by atoms with Crippen LogP contribution in [0, 0.1) is 0 Å². The van der Waals surface area contributed by atoms with Gasteiger partial charge in [0.15, 0.2) is 5.96 Å². The molecule has 37 heavy (non-hydrogen) atoms. The van der Waals surface area contributed by atoms with Crippen LogP contribution >= 0.6 is 0 Å². The van der Waals surface area contributed by atoms with E-state index < -0.39 is 60.2 Å². The number of nitrogens with zero attached hydrogens (tertiary/aromatic N) is 1. The number of aliphatic carboxylic acids is 2. The number of rotatable bonds is 15. The maximum Gasteiger partial charge on any atom is 0.326 e. The lowest BCUT2D eigenvalue weighted by atomic mass is 10.0. The van der Waals surface area contributed by atoms with Gasteiger partial charge in [-0.15, -0.1) is 0 Å². The Hall–Kier alpha value is -4.40. The molecule has 204 valence electrons. The molecule has 1 aromatic rings. The maximum absolute atomic E-state index is 12.8. The molecule has 12 N–H and O–H groups in total. The molecule has 1 aromatic carbocycles. The highest BCUT2D eigenvalue weighted by molar-refractivity contribution is 5.94. The van der Waals surface area contributed by atoms with Crippen LogP contribution in [0.4, 0.5) is 0 Å². The van der Waals surface area contributed by atoms with E-state index in [0.717, 1.165) is 0 Å². The van der Waals surface area contributed by atoms with E-state index in [1.807, 2.05) is 0 Å². The van der Waals surface area contributed by atoms with Gasteiger partial charge in [-0.05, 0) is 37.5 Å². The Kier molecular flexibility index (Phi) is 12.3. The molecule has 3 amide bonds. The molecule has 0 aromatic heterocycles. The lowest BCUT2D eigenvalue weighted by Gasteiger charge is -2.23. The van der Waals surface area contributed by atoms with Crippen molar-refractivity contribution < 1.29 is 39.3 Å². The lowest BCUT2D eigenvalue weighted by Crippen LogP contribution is -2.57. The molecule has 0 fully saturated rings. The monoisotopic (exact) mass is 523 g/mol. The standard InChI is InChI=1S/C22H33N7O8/c1-11(27-19(34)14(23)3-2-8-26-22(24)25)18(33)28-15(9-12-4-6-13(30)7-5-12)20(35)29-16(21(36)37)10-17(31)32/h4-7,11,14-16,30H,2-3,8-10,23H2,1H3,(H,27,34)(H,28,33)(H,29,35)(H,31,32)(H,36,37)(H4,24,25,26). The number of amides is 3. The van der Waals surface area contributed by atoms with Crippen molar-refractivity contribution >= 4 is 35.6 Å². The number of carbonyl (C=O) groups is 5. The molecule has 0 bridgehead atoms. The highest BCUT2D eigenvalue weighted by atomic mass is 16.4. The van der Waals surface area contributed by atoms with Crippen LogP contribution in [-0.2, 0) is 30.4 Å². The van der Waals surface area contributed by atoms with Crippen LogP contribution in [0.15, 0.2) is 29.3 Å². The zero-order chi connectivity index (χ0) is 28.1. The van der Waals surface area contributed by atoms with E-state index >= 15 is 0 Å². The summed E-state index contributed by atoms with van der Waals surface area (Å²) in [5, 5.41) is 34.6. The summed E-state index contributed by atoms with van der Waals surface area (Å²) in [6.45, 7) is 1.63. The molecule has 0 aliphatic heterocycles. The molecule has 4 atom stereocenters. The second kappa shape index (κ2) is 14.9. The molecule has 0 saturated carbocycles. The van der Waals surface area contributed by atoms with E-state index in [1.165, 1.54) is 31.2 Å². The van der Waals surface area contributed by atoms with Gasteiger partial charge in [-0.2, -0.15) is 0 Å². The molecular weight excluding hydrogens is 490 g/mol. The number of nitrogens with two attached hydrogens (primary N) is 3. The normalized spacial score (nSPS) is 13.8. The van der Waals surface area contributed by atoms with Gasteiger partial charge in [-0.25, -0.2) is 4.79 Å². The second-order valence-electron chi connectivity index (χ2n) is 8.21. The van der Waals surface area contributed by atoms with E-state index in [1.54, 1.807) is 0 Å². The summed E-state index contributed by atoms with van der Waals surface area (Å²) in [6.07, 6.45) is -0.345. The van der Waals surface area contributed by atoms with E-state index in [2.05, 4.69) is 20.9 Å². The molecule has 0 aliphatic rings. The topological polar surface area (TPSA) is 273 Å². The van der Waals surface area contributed by atoms with Crippen molar-refractivity contribution in [3.8, 4) is 5.75 Å². The van der Waals surface area contributed by atoms with Crippen LogP contribution < -0.4 is 33.2 Å². The van der Waals surface area contributed by atoms with Gasteiger partial charge in [0.05, 0.1) is 12.5 Å². The van der Waals surface area contributed by atoms with Gasteiger partial charge in [0.2, 0.25) is 17.7 Å². The first-order chi connectivity index (χ1) is 17.3. The summed E-state index contributed by atoms with van der Waals surface area (Å²) in [5.41, 5.74) is 16.8. The van der Waals surface area contributed by atoms with E-state index in [4.69, 9.17) is 22.3 Å². The van der Waals surface area contributed by atoms with Gasteiger partial charge in [0.1, 0.15) is 23.9 Å². The zero-order valence-electron chi connectivity index (χ0n) is 20.2. The number of benzene rings is 1. The summed E-state index contributed by atoms with van der Waals surface area (Å²) in [6, 6.07) is 0.537. The number of aliphatic imine (C=N–C) groups is 1. The minimum absolute atomic E-state index is 0.0350. The predicted octanol–water partition coefficient (Wildman–Crippen LogP) is -2.65. The van der Waals surface area contributed by atoms with Crippen LogP contribution in [0.2, 0.25) is 0 Å². The molecule has 1 rings (SSSR count). The second-order valence-corrected chi connectivity index (χ2v) is 8.21. The summed E-state index contributed by atoms with van der Waals surface area (Å²) in [7, 11) is 0. The van der Waals surface area contributed by atoms with Crippen molar-refractivity contribution in [3.05, 3.63) is 29.8 Å². The van der Waals surface area contributed by atoms with Crippen molar-refractivity contribution in [1.82, 2.24) is 16.0 Å². The van der Waals surface area contributed by atoms with Crippen LogP contribution in [0.25, 0.3) is 0 Å². The Balaban J connectivity index is 2.89. The molecule has 0 saturated heterocycles. The first-order valence-corrected chi connectivity index (χ1v) is 11.2. The third-order valence-corrected chi connectivity index (χ3v) is 5.06. The zero-order valence-corrected chi connectivity index (χ0v) is 20.2.